The molecule has 0 radical (unpaired) electrons. The van der Waals surface area contributed by atoms with E-state index in [0.717, 1.165) is 12.0 Å². The third kappa shape index (κ3) is 4.02. The SMILES string of the molecule is C[C@H](CO)[C@H]1CC[C@H]2[C@@H]3C=CC4=C(N)C(=O)CC[C@]4(C)[C@H]3CC[C@]12C.O=C(O)c1ccccc1. The Hall–Kier alpha value is -2.40. The first-order valence-corrected chi connectivity index (χ1v) is 12.7. The molecule has 1 aromatic rings. The Morgan fingerprint density at radius 3 is 2.44 bits per heavy atom. The molecular weight excluding hydrogens is 426 g/mol. The van der Waals surface area contributed by atoms with E-state index >= 15 is 0 Å². The van der Waals surface area contributed by atoms with Crippen molar-refractivity contribution in [2.45, 2.75) is 59.3 Å². The molecule has 0 spiro atoms. The number of aliphatic hydroxyl groups excluding tert-OH is 1. The molecule has 0 saturated heterocycles. The number of carbonyl (C=O) groups is 2. The van der Waals surface area contributed by atoms with Crippen LogP contribution in [0.25, 0.3) is 0 Å². The first-order chi connectivity index (χ1) is 16.1. The quantitative estimate of drug-likeness (QED) is 0.569. The Morgan fingerprint density at radius 2 is 1.82 bits per heavy atom. The summed E-state index contributed by atoms with van der Waals surface area (Å²) in [4.78, 5) is 22.3. The number of hydrogen-bond acceptors (Lipinski definition) is 4. The van der Waals surface area contributed by atoms with Crippen molar-refractivity contribution in [3.8, 4) is 0 Å². The van der Waals surface area contributed by atoms with Crippen LogP contribution in [0.15, 0.2) is 53.8 Å². The fourth-order valence-electron chi connectivity index (χ4n) is 7.86. The number of carbonyl (C=O) groups excluding carboxylic acids is 1. The van der Waals surface area contributed by atoms with Gasteiger partial charge in [0.15, 0.2) is 5.78 Å². The van der Waals surface area contributed by atoms with Crippen LogP contribution in [0.2, 0.25) is 0 Å². The van der Waals surface area contributed by atoms with E-state index < -0.39 is 5.97 Å². The maximum atomic E-state index is 12.1. The summed E-state index contributed by atoms with van der Waals surface area (Å²) in [6.07, 6.45) is 11.1. The van der Waals surface area contributed by atoms with Gasteiger partial charge in [0.25, 0.3) is 0 Å². The minimum absolute atomic E-state index is 0.0689. The minimum atomic E-state index is -0.879. The van der Waals surface area contributed by atoms with E-state index in [9.17, 15) is 14.7 Å². The number of aromatic carboxylic acids is 1. The number of hydrogen-bond donors (Lipinski definition) is 3. The molecule has 34 heavy (non-hydrogen) atoms. The highest BCUT2D eigenvalue weighted by molar-refractivity contribution is 5.97. The van der Waals surface area contributed by atoms with Crippen LogP contribution in [0, 0.1) is 40.4 Å². The van der Waals surface area contributed by atoms with E-state index in [1.165, 1.54) is 25.7 Å². The number of benzene rings is 1. The molecule has 0 aliphatic heterocycles. The second kappa shape index (κ2) is 9.33. The van der Waals surface area contributed by atoms with Crippen molar-refractivity contribution in [3.63, 3.8) is 0 Å². The number of allylic oxidation sites excluding steroid dienone is 4. The summed E-state index contributed by atoms with van der Waals surface area (Å²) < 4.78 is 0. The van der Waals surface area contributed by atoms with Gasteiger partial charge in [-0.15, -0.1) is 0 Å². The molecule has 2 saturated carbocycles. The van der Waals surface area contributed by atoms with Crippen LogP contribution in [-0.2, 0) is 4.79 Å². The Morgan fingerprint density at radius 1 is 1.12 bits per heavy atom. The second-order valence-corrected chi connectivity index (χ2v) is 11.4. The maximum Gasteiger partial charge on any atom is 0.335 e. The van der Waals surface area contributed by atoms with E-state index in [1.807, 2.05) is 0 Å². The molecule has 0 bridgehead atoms. The number of rotatable bonds is 3. The average molecular weight is 466 g/mol. The van der Waals surface area contributed by atoms with Crippen LogP contribution in [0.4, 0.5) is 0 Å². The molecule has 5 nitrogen and oxygen atoms in total. The molecule has 0 aromatic heterocycles. The highest BCUT2D eigenvalue weighted by Crippen LogP contribution is 2.66. The van der Waals surface area contributed by atoms with Gasteiger partial charge in [0.05, 0.1) is 11.3 Å². The van der Waals surface area contributed by atoms with Crippen molar-refractivity contribution in [2.24, 2.45) is 46.2 Å². The number of carboxylic acid groups (broad SMARTS) is 1. The third-order valence-electron chi connectivity index (χ3n) is 9.78. The Bertz CT molecular complexity index is 999. The second-order valence-electron chi connectivity index (χ2n) is 11.4. The zero-order valence-electron chi connectivity index (χ0n) is 20.7. The molecule has 2 fully saturated rings. The number of nitrogens with two attached hydrogens (primary N) is 1. The van der Waals surface area contributed by atoms with Crippen LogP contribution in [0.3, 0.4) is 0 Å². The fourth-order valence-corrected chi connectivity index (χ4v) is 7.86. The van der Waals surface area contributed by atoms with Gasteiger partial charge in [0, 0.05) is 13.0 Å². The van der Waals surface area contributed by atoms with Crippen LogP contribution in [0.1, 0.15) is 69.7 Å². The summed E-state index contributed by atoms with van der Waals surface area (Å²) >= 11 is 0. The maximum absolute atomic E-state index is 12.1. The van der Waals surface area contributed by atoms with Crippen LogP contribution in [0.5, 0.6) is 0 Å². The summed E-state index contributed by atoms with van der Waals surface area (Å²) in [6.45, 7) is 7.36. The summed E-state index contributed by atoms with van der Waals surface area (Å²) in [5.41, 5.74) is 8.59. The first-order valence-electron chi connectivity index (χ1n) is 12.7. The van der Waals surface area contributed by atoms with Crippen molar-refractivity contribution in [1.29, 1.82) is 0 Å². The molecule has 0 unspecified atom stereocenters. The third-order valence-corrected chi connectivity index (χ3v) is 9.78. The number of aliphatic hydroxyl groups is 1. The summed E-state index contributed by atoms with van der Waals surface area (Å²) in [5, 5.41) is 18.1. The zero-order chi connectivity index (χ0) is 24.7. The van der Waals surface area contributed by atoms with Crippen molar-refractivity contribution in [2.75, 3.05) is 6.61 Å². The molecular formula is C29H39NO4. The lowest BCUT2D eigenvalue weighted by molar-refractivity contribution is -0.117. The van der Waals surface area contributed by atoms with Gasteiger partial charge in [-0.3, -0.25) is 4.79 Å². The van der Waals surface area contributed by atoms with E-state index in [-0.39, 0.29) is 11.2 Å². The van der Waals surface area contributed by atoms with Crippen LogP contribution < -0.4 is 5.73 Å². The molecule has 5 rings (SSSR count). The molecule has 4 aliphatic rings. The van der Waals surface area contributed by atoms with Gasteiger partial charge < -0.3 is 15.9 Å². The number of Topliss-reactive ketones (excluding diaryl/α,β-unsaturated/α-hetero) is 1. The van der Waals surface area contributed by atoms with Crippen molar-refractivity contribution < 1.29 is 19.8 Å². The van der Waals surface area contributed by atoms with Crippen molar-refractivity contribution >= 4 is 11.8 Å². The Labute approximate surface area is 203 Å². The van der Waals surface area contributed by atoms with Crippen molar-refractivity contribution in [1.82, 2.24) is 0 Å². The molecule has 0 heterocycles. The number of fused-ring (bicyclic) bond motifs is 5. The first kappa shape index (κ1) is 24.7. The normalized spacial score (nSPS) is 37.1. The molecule has 0 amide bonds. The summed E-state index contributed by atoms with van der Waals surface area (Å²) in [5.74, 6) is 2.21. The lowest BCUT2D eigenvalue weighted by atomic mass is 9.48. The van der Waals surface area contributed by atoms with Crippen molar-refractivity contribution in [3.05, 3.63) is 59.3 Å². The standard InChI is InChI=1S/C22H33NO2.C7H6O2/c1-13(12-24)15-6-7-16-14-4-5-18-20(23)19(25)9-11-22(18,3)17(14)8-10-21(15,16)2;8-7(9)6-4-2-1-3-5-6/h4-5,13-17,24H,6-12,23H2,1-3H3;1-5H,(H,8,9)/t13-,14+,15-,16+,17+,21-,22-;/m1./s1. The highest BCUT2D eigenvalue weighted by atomic mass is 16.4. The average Bonchev–Trinajstić information content (AvgIpc) is 3.19. The van der Waals surface area contributed by atoms with Gasteiger partial charge in [-0.2, -0.15) is 0 Å². The topological polar surface area (TPSA) is 101 Å². The monoisotopic (exact) mass is 465 g/mol. The predicted octanol–water partition coefficient (Wildman–Crippen LogP) is 5.21. The fraction of sp³-hybridized carbons (Fsp3) is 0.586. The van der Waals surface area contributed by atoms with E-state index in [0.29, 0.717) is 59.3 Å². The largest absolute Gasteiger partial charge is 0.478 e. The van der Waals surface area contributed by atoms with E-state index in [2.05, 4.69) is 32.9 Å². The molecule has 7 atom stereocenters. The Kier molecular flexibility index (Phi) is 6.78. The lowest BCUT2D eigenvalue weighted by Crippen LogP contribution is -2.50. The van der Waals surface area contributed by atoms with Gasteiger partial charge in [-0.05, 0) is 90.2 Å². The number of ketones is 1. The lowest BCUT2D eigenvalue weighted by Gasteiger charge is -2.56. The molecule has 5 heteroatoms. The Balaban J connectivity index is 0.000000257. The molecule has 4 aliphatic carbocycles. The van der Waals surface area contributed by atoms with E-state index in [4.69, 9.17) is 10.8 Å². The molecule has 184 valence electrons. The van der Waals surface area contributed by atoms with Gasteiger partial charge in [0.2, 0.25) is 0 Å². The predicted molar refractivity (Wildman–Crippen MR) is 133 cm³/mol. The van der Waals surface area contributed by atoms with Gasteiger partial charge in [-0.1, -0.05) is 51.1 Å². The summed E-state index contributed by atoms with van der Waals surface area (Å²) in [7, 11) is 0. The molecule has 4 N–H and O–H groups in total. The van der Waals surface area contributed by atoms with Gasteiger partial charge in [-0.25, -0.2) is 4.79 Å². The summed E-state index contributed by atoms with van der Waals surface area (Å²) in [6, 6.07) is 8.30. The van der Waals surface area contributed by atoms with Gasteiger partial charge in [0.1, 0.15) is 0 Å². The van der Waals surface area contributed by atoms with E-state index in [1.54, 1.807) is 30.3 Å². The smallest absolute Gasteiger partial charge is 0.335 e. The van der Waals surface area contributed by atoms with Gasteiger partial charge >= 0.3 is 5.97 Å². The number of carboxylic acids is 1. The van der Waals surface area contributed by atoms with Crippen LogP contribution in [-0.4, -0.2) is 28.6 Å². The highest BCUT2D eigenvalue weighted by Gasteiger charge is 2.58. The molecule has 1 aromatic carbocycles. The zero-order valence-corrected chi connectivity index (χ0v) is 20.7. The van der Waals surface area contributed by atoms with Crippen LogP contribution >= 0.6 is 0 Å². The minimum Gasteiger partial charge on any atom is -0.478 e.